The number of anilines is 3. The van der Waals surface area contributed by atoms with Gasteiger partial charge in [0.15, 0.2) is 11.6 Å². The summed E-state index contributed by atoms with van der Waals surface area (Å²) in [7, 11) is 0. The van der Waals surface area contributed by atoms with Gasteiger partial charge in [-0.05, 0) is 101 Å². The van der Waals surface area contributed by atoms with Crippen LogP contribution in [-0.4, -0.2) is 19.3 Å². The minimum absolute atomic E-state index is 0.265. The lowest BCUT2D eigenvalue weighted by Gasteiger charge is -2.28. The van der Waals surface area contributed by atoms with Crippen molar-refractivity contribution < 1.29 is 0 Å². The van der Waals surface area contributed by atoms with Gasteiger partial charge < -0.3 is 9.47 Å². The van der Waals surface area contributed by atoms with Crippen molar-refractivity contribution >= 4 is 38.9 Å². The van der Waals surface area contributed by atoms with E-state index in [0.717, 1.165) is 51.2 Å². The quantitative estimate of drug-likeness (QED) is 0.163. The zero-order chi connectivity index (χ0) is 38.8. The fourth-order valence-electron chi connectivity index (χ4n) is 9.05. The van der Waals surface area contributed by atoms with Crippen molar-refractivity contribution in [1.29, 1.82) is 0 Å². The molecule has 1 aliphatic carbocycles. The van der Waals surface area contributed by atoms with Crippen LogP contribution in [0.3, 0.4) is 0 Å². The third-order valence-electron chi connectivity index (χ3n) is 11.8. The van der Waals surface area contributed by atoms with Crippen LogP contribution in [0.25, 0.3) is 67.1 Å². The molecule has 0 bridgehead atoms. The molecule has 1 aliphatic rings. The van der Waals surface area contributed by atoms with Gasteiger partial charge in [-0.1, -0.05) is 135 Å². The zero-order valence-electron chi connectivity index (χ0n) is 32.3. The van der Waals surface area contributed by atoms with Gasteiger partial charge in [0, 0.05) is 55.8 Å². The molecule has 0 atom stereocenters. The molecule has 2 aromatic heterocycles. The molecule has 0 aliphatic heterocycles. The summed E-state index contributed by atoms with van der Waals surface area (Å²) in [5.74, 6) is 1.64. The molecule has 276 valence electrons. The zero-order valence-corrected chi connectivity index (χ0v) is 32.3. The molecule has 0 unspecified atom stereocenters. The maximum Gasteiger partial charge on any atom is 0.168 e. The second kappa shape index (κ2) is 13.3. The van der Waals surface area contributed by atoms with E-state index < -0.39 is 0 Å². The monoisotopic (exact) mass is 745 g/mol. The second-order valence-corrected chi connectivity index (χ2v) is 15.6. The van der Waals surface area contributed by atoms with Crippen molar-refractivity contribution in [3.05, 3.63) is 211 Å². The van der Waals surface area contributed by atoms with Crippen LogP contribution < -0.4 is 4.90 Å². The minimum atomic E-state index is -0.265. The molecule has 0 N–H and O–H groups in total. The Hall–Kier alpha value is -7.50. The van der Waals surface area contributed by atoms with Crippen LogP contribution in [0.4, 0.5) is 17.1 Å². The van der Waals surface area contributed by atoms with E-state index in [2.05, 4.69) is 204 Å². The van der Waals surface area contributed by atoms with Crippen molar-refractivity contribution in [2.75, 3.05) is 4.90 Å². The van der Waals surface area contributed by atoms with Crippen molar-refractivity contribution in [3.8, 4) is 45.3 Å². The van der Waals surface area contributed by atoms with Crippen LogP contribution in [0, 0.1) is 0 Å². The summed E-state index contributed by atoms with van der Waals surface area (Å²) in [5, 5.41) is 12.1. The number of fused-ring (bicyclic) bond motifs is 6. The molecule has 5 heteroatoms. The van der Waals surface area contributed by atoms with E-state index in [-0.39, 0.29) is 5.41 Å². The molecular formula is C53H39N5. The summed E-state index contributed by atoms with van der Waals surface area (Å²) in [6.45, 7) is 4.69. The Labute approximate surface area is 337 Å². The Balaban J connectivity index is 0.993. The molecule has 5 nitrogen and oxygen atoms in total. The lowest BCUT2D eigenvalue weighted by atomic mass is 9.81. The standard InChI is InChI=1S/C53H39N5/c1-53(2)47-34-37(52-55-54-51(36-16-6-3-7-17-36)58(52)39-20-10-5-11-21-39)26-32-43(47)44-33-31-42(35-48(44)53)56(38-18-8-4-9-19-38)40-27-29-41(30-28-40)57-49-24-14-12-22-45(49)46-23-13-15-25-50(46)57/h3-35H,1-2H3. The van der Waals surface area contributed by atoms with Crippen LogP contribution >= 0.6 is 0 Å². The van der Waals surface area contributed by atoms with Gasteiger partial charge in [-0.3, -0.25) is 4.57 Å². The summed E-state index contributed by atoms with van der Waals surface area (Å²) in [6, 6.07) is 71.5. The minimum Gasteiger partial charge on any atom is -0.310 e. The molecule has 11 rings (SSSR count). The highest BCUT2D eigenvalue weighted by Gasteiger charge is 2.37. The summed E-state index contributed by atoms with van der Waals surface area (Å²) in [6.07, 6.45) is 0. The molecule has 0 amide bonds. The lowest BCUT2D eigenvalue weighted by molar-refractivity contribution is 0.660. The highest BCUT2D eigenvalue weighted by atomic mass is 15.3. The molecule has 58 heavy (non-hydrogen) atoms. The van der Waals surface area contributed by atoms with Crippen LogP contribution in [0.15, 0.2) is 200 Å². The smallest absolute Gasteiger partial charge is 0.168 e. The maximum atomic E-state index is 4.82. The number of hydrogen-bond donors (Lipinski definition) is 0. The number of hydrogen-bond acceptors (Lipinski definition) is 3. The Kier molecular flexibility index (Phi) is 7.76. The topological polar surface area (TPSA) is 38.9 Å². The molecule has 0 fully saturated rings. The average molecular weight is 746 g/mol. The van der Waals surface area contributed by atoms with Crippen LogP contribution in [-0.2, 0) is 5.41 Å². The Morgan fingerprint density at radius 2 is 0.879 bits per heavy atom. The van der Waals surface area contributed by atoms with Gasteiger partial charge in [0.05, 0.1) is 11.0 Å². The first-order valence-electron chi connectivity index (χ1n) is 19.8. The van der Waals surface area contributed by atoms with Crippen molar-refractivity contribution in [2.45, 2.75) is 19.3 Å². The van der Waals surface area contributed by atoms with Crippen molar-refractivity contribution in [3.63, 3.8) is 0 Å². The molecule has 2 heterocycles. The van der Waals surface area contributed by atoms with E-state index in [1.54, 1.807) is 0 Å². The third-order valence-corrected chi connectivity index (χ3v) is 11.8. The molecule has 8 aromatic carbocycles. The van der Waals surface area contributed by atoms with Crippen molar-refractivity contribution in [2.24, 2.45) is 0 Å². The third kappa shape index (κ3) is 5.31. The number of benzene rings is 8. The van der Waals surface area contributed by atoms with Gasteiger partial charge in [-0.25, -0.2) is 0 Å². The molecule has 0 saturated heterocycles. The Bertz CT molecular complexity index is 3070. The average Bonchev–Trinajstić information content (AvgIpc) is 3.94. The normalized spacial score (nSPS) is 12.8. The first-order valence-corrected chi connectivity index (χ1v) is 19.8. The van der Waals surface area contributed by atoms with Gasteiger partial charge in [-0.15, -0.1) is 10.2 Å². The second-order valence-electron chi connectivity index (χ2n) is 15.6. The van der Waals surface area contributed by atoms with E-state index in [1.807, 2.05) is 24.3 Å². The predicted molar refractivity (Wildman–Crippen MR) is 239 cm³/mol. The fourth-order valence-corrected chi connectivity index (χ4v) is 9.05. The van der Waals surface area contributed by atoms with E-state index in [9.17, 15) is 0 Å². The molecule has 10 aromatic rings. The number of rotatable bonds is 7. The highest BCUT2D eigenvalue weighted by Crippen LogP contribution is 2.52. The van der Waals surface area contributed by atoms with Gasteiger partial charge in [-0.2, -0.15) is 0 Å². The Morgan fingerprint density at radius 1 is 0.397 bits per heavy atom. The SMILES string of the molecule is CC1(C)c2cc(-c3nnc(-c4ccccc4)n3-c3ccccc3)ccc2-c2ccc(N(c3ccccc3)c3ccc(-n4c5ccccc5c5ccccc54)cc3)cc21. The van der Waals surface area contributed by atoms with Crippen LogP contribution in [0.2, 0.25) is 0 Å². The van der Waals surface area contributed by atoms with Gasteiger partial charge in [0.25, 0.3) is 0 Å². The van der Waals surface area contributed by atoms with Gasteiger partial charge in [0.2, 0.25) is 0 Å². The number of para-hydroxylation sites is 4. The van der Waals surface area contributed by atoms with Crippen molar-refractivity contribution in [1.82, 2.24) is 19.3 Å². The van der Waals surface area contributed by atoms with Gasteiger partial charge >= 0.3 is 0 Å². The summed E-state index contributed by atoms with van der Waals surface area (Å²) in [5.41, 5.74) is 14.8. The maximum absolute atomic E-state index is 4.82. The summed E-state index contributed by atoms with van der Waals surface area (Å²) in [4.78, 5) is 2.37. The Morgan fingerprint density at radius 3 is 1.53 bits per heavy atom. The summed E-state index contributed by atoms with van der Waals surface area (Å²) < 4.78 is 4.55. The highest BCUT2D eigenvalue weighted by molar-refractivity contribution is 6.09. The molecule has 0 saturated carbocycles. The van der Waals surface area contributed by atoms with E-state index in [1.165, 1.54) is 44.1 Å². The van der Waals surface area contributed by atoms with E-state index in [4.69, 9.17) is 10.2 Å². The predicted octanol–water partition coefficient (Wildman–Crippen LogP) is 13.5. The first-order chi connectivity index (χ1) is 28.5. The molecule has 0 radical (unpaired) electrons. The number of aromatic nitrogens is 4. The first kappa shape index (κ1) is 33.8. The van der Waals surface area contributed by atoms with E-state index in [0.29, 0.717) is 0 Å². The largest absolute Gasteiger partial charge is 0.310 e. The molecule has 0 spiro atoms. The van der Waals surface area contributed by atoms with Crippen LogP contribution in [0.5, 0.6) is 0 Å². The van der Waals surface area contributed by atoms with E-state index >= 15 is 0 Å². The van der Waals surface area contributed by atoms with Gasteiger partial charge in [0.1, 0.15) is 0 Å². The van der Waals surface area contributed by atoms with Crippen LogP contribution in [0.1, 0.15) is 25.0 Å². The lowest BCUT2D eigenvalue weighted by Crippen LogP contribution is -2.17. The fraction of sp³-hybridized carbons (Fsp3) is 0.0566. The molecular weight excluding hydrogens is 707 g/mol. The number of nitrogens with zero attached hydrogens (tertiary/aromatic N) is 5. The summed E-state index contributed by atoms with van der Waals surface area (Å²) >= 11 is 0.